The molecule has 0 aromatic carbocycles. The molecule has 0 spiro atoms. The molecular formula is C3H5N2PS. The lowest BCUT2D eigenvalue weighted by molar-refractivity contribution is 1.36. The van der Waals surface area contributed by atoms with Crippen molar-refractivity contribution in [3.05, 3.63) is 5.69 Å². The summed E-state index contributed by atoms with van der Waals surface area (Å²) in [4.78, 5) is 0. The van der Waals surface area contributed by atoms with Crippen LogP contribution in [0.15, 0.2) is 0 Å². The Kier molecular flexibility index (Phi) is 1.35. The molecule has 1 atom stereocenters. The van der Waals surface area contributed by atoms with E-state index in [2.05, 4.69) is 18.0 Å². The fourth-order valence-corrected chi connectivity index (χ4v) is 1.01. The van der Waals surface area contributed by atoms with Gasteiger partial charge in [-0.05, 0) is 6.92 Å². The lowest BCUT2D eigenvalue weighted by atomic mass is 10.6. The van der Waals surface area contributed by atoms with Crippen LogP contribution in [0.4, 0.5) is 0 Å². The molecule has 1 aromatic heterocycles. The molecule has 1 aromatic rings. The highest BCUT2D eigenvalue weighted by Crippen LogP contribution is 1.92. The number of aromatic nitrogens is 2. The normalized spacial score (nSPS) is 9.43. The molecule has 38 valence electrons. The van der Waals surface area contributed by atoms with Gasteiger partial charge in [0.2, 0.25) is 0 Å². The van der Waals surface area contributed by atoms with Gasteiger partial charge in [-0.2, -0.15) is 8.75 Å². The SMILES string of the molecule is Cc1nsnc1P. The molecule has 1 unspecified atom stereocenters. The lowest BCUT2D eigenvalue weighted by Gasteiger charge is -1.74. The van der Waals surface area contributed by atoms with Gasteiger partial charge in [0.15, 0.2) is 0 Å². The first-order valence-corrected chi connectivity index (χ1v) is 3.16. The molecule has 1 rings (SSSR count). The number of hydrogen-bond donors (Lipinski definition) is 0. The second-order valence-electron chi connectivity index (χ2n) is 1.23. The fourth-order valence-electron chi connectivity index (χ4n) is 0.238. The quantitative estimate of drug-likeness (QED) is 0.476. The van der Waals surface area contributed by atoms with Crippen LogP contribution in [0.25, 0.3) is 0 Å². The van der Waals surface area contributed by atoms with Crippen molar-refractivity contribution in [1.29, 1.82) is 0 Å². The second-order valence-corrected chi connectivity index (χ2v) is 2.31. The third-order valence-electron chi connectivity index (χ3n) is 0.688. The molecule has 7 heavy (non-hydrogen) atoms. The number of hydrogen-bond acceptors (Lipinski definition) is 3. The van der Waals surface area contributed by atoms with E-state index in [9.17, 15) is 0 Å². The molecule has 0 radical (unpaired) electrons. The van der Waals surface area contributed by atoms with Crippen molar-refractivity contribution in [3.63, 3.8) is 0 Å². The van der Waals surface area contributed by atoms with Gasteiger partial charge in [-0.3, -0.25) is 0 Å². The van der Waals surface area contributed by atoms with Crippen LogP contribution in [0, 0.1) is 6.92 Å². The number of nitrogens with zero attached hydrogens (tertiary/aromatic N) is 2. The van der Waals surface area contributed by atoms with Crippen LogP contribution in [0.1, 0.15) is 5.69 Å². The molecule has 0 saturated carbocycles. The van der Waals surface area contributed by atoms with Crippen molar-refractivity contribution < 1.29 is 0 Å². The molecule has 0 bridgehead atoms. The second kappa shape index (κ2) is 1.85. The van der Waals surface area contributed by atoms with Gasteiger partial charge in [-0.25, -0.2) is 0 Å². The van der Waals surface area contributed by atoms with Crippen molar-refractivity contribution in [1.82, 2.24) is 8.75 Å². The summed E-state index contributed by atoms with van der Waals surface area (Å²) < 4.78 is 7.84. The highest BCUT2D eigenvalue weighted by atomic mass is 32.1. The Bertz CT molecular complexity index is 145. The van der Waals surface area contributed by atoms with Gasteiger partial charge in [0.25, 0.3) is 0 Å². The van der Waals surface area contributed by atoms with E-state index >= 15 is 0 Å². The molecule has 0 N–H and O–H groups in total. The van der Waals surface area contributed by atoms with Crippen LogP contribution in [0.2, 0.25) is 0 Å². The summed E-state index contributed by atoms with van der Waals surface area (Å²) in [7, 11) is 2.51. The standard InChI is InChI=1S/C3H5N2PS/c1-2-3(6)5-7-4-2/h6H2,1H3. The zero-order valence-corrected chi connectivity index (χ0v) is 5.85. The van der Waals surface area contributed by atoms with Gasteiger partial charge in [-0.1, -0.05) is 9.24 Å². The Hall–Kier alpha value is -0.0100. The van der Waals surface area contributed by atoms with E-state index in [4.69, 9.17) is 0 Å². The molecular weight excluding hydrogens is 127 g/mol. The highest BCUT2D eigenvalue weighted by molar-refractivity contribution is 7.28. The van der Waals surface area contributed by atoms with Gasteiger partial charge in [-0.15, -0.1) is 0 Å². The first kappa shape index (κ1) is 5.13. The summed E-state index contributed by atoms with van der Waals surface area (Å²) in [6.07, 6.45) is 0. The van der Waals surface area contributed by atoms with Gasteiger partial charge in [0.05, 0.1) is 22.9 Å². The fraction of sp³-hybridized carbons (Fsp3) is 0.333. The third kappa shape index (κ3) is 0.956. The van der Waals surface area contributed by atoms with Gasteiger partial charge < -0.3 is 0 Å². The predicted molar refractivity (Wildman–Crippen MR) is 34.0 cm³/mol. The Morgan fingerprint density at radius 2 is 2.29 bits per heavy atom. The van der Waals surface area contributed by atoms with E-state index in [1.54, 1.807) is 0 Å². The van der Waals surface area contributed by atoms with Gasteiger partial charge >= 0.3 is 0 Å². The zero-order chi connectivity index (χ0) is 5.28. The Balaban J connectivity index is 3.12. The summed E-state index contributed by atoms with van der Waals surface area (Å²) in [5.74, 6) is 0. The summed E-state index contributed by atoms with van der Waals surface area (Å²) >= 11 is 1.25. The number of aryl methyl sites for hydroxylation is 1. The van der Waals surface area contributed by atoms with E-state index < -0.39 is 0 Å². The first-order valence-electron chi connectivity index (χ1n) is 1.85. The minimum Gasteiger partial charge on any atom is -0.178 e. The van der Waals surface area contributed by atoms with Crippen LogP contribution in [0.3, 0.4) is 0 Å². The van der Waals surface area contributed by atoms with E-state index in [0.29, 0.717) is 0 Å². The van der Waals surface area contributed by atoms with Crippen molar-refractivity contribution in [2.45, 2.75) is 6.92 Å². The summed E-state index contributed by atoms with van der Waals surface area (Å²) in [5.41, 5.74) is 1.97. The maximum absolute atomic E-state index is 3.93. The molecule has 0 amide bonds. The van der Waals surface area contributed by atoms with E-state index in [1.165, 1.54) is 11.7 Å². The first-order chi connectivity index (χ1) is 3.30. The Morgan fingerprint density at radius 1 is 1.57 bits per heavy atom. The maximum atomic E-state index is 3.93. The summed E-state index contributed by atoms with van der Waals surface area (Å²) in [6.45, 7) is 1.94. The van der Waals surface area contributed by atoms with Crippen LogP contribution in [0.5, 0.6) is 0 Å². The van der Waals surface area contributed by atoms with Crippen molar-refractivity contribution in [3.8, 4) is 0 Å². The highest BCUT2D eigenvalue weighted by Gasteiger charge is 1.91. The molecule has 2 nitrogen and oxygen atoms in total. The monoisotopic (exact) mass is 132 g/mol. The molecule has 0 fully saturated rings. The molecule has 0 aliphatic carbocycles. The molecule has 0 saturated heterocycles. The molecule has 1 heterocycles. The Labute approximate surface area is 48.5 Å². The van der Waals surface area contributed by atoms with Crippen LogP contribution >= 0.6 is 21.0 Å². The van der Waals surface area contributed by atoms with Crippen molar-refractivity contribution in [2.24, 2.45) is 0 Å². The molecule has 0 aliphatic rings. The van der Waals surface area contributed by atoms with E-state index in [1.807, 2.05) is 6.92 Å². The zero-order valence-electron chi connectivity index (χ0n) is 3.88. The average molecular weight is 132 g/mol. The minimum absolute atomic E-state index is 0.963. The maximum Gasteiger partial charge on any atom is 0.0935 e. The van der Waals surface area contributed by atoms with Crippen molar-refractivity contribution >= 4 is 26.4 Å². The largest absolute Gasteiger partial charge is 0.178 e. The van der Waals surface area contributed by atoms with E-state index in [-0.39, 0.29) is 0 Å². The van der Waals surface area contributed by atoms with Crippen LogP contribution in [-0.4, -0.2) is 8.75 Å². The molecule has 0 aliphatic heterocycles. The summed E-state index contributed by atoms with van der Waals surface area (Å²) in [6, 6.07) is 0. The predicted octanol–water partition coefficient (Wildman–Crippen LogP) is 0.347. The smallest absolute Gasteiger partial charge is 0.0935 e. The molecule has 4 heteroatoms. The van der Waals surface area contributed by atoms with Crippen molar-refractivity contribution in [2.75, 3.05) is 0 Å². The number of rotatable bonds is 0. The minimum atomic E-state index is 0.963. The topological polar surface area (TPSA) is 25.8 Å². The van der Waals surface area contributed by atoms with E-state index in [0.717, 1.165) is 11.1 Å². The average Bonchev–Trinajstić information content (AvgIpc) is 1.91. The Morgan fingerprint density at radius 3 is 2.43 bits per heavy atom. The lowest BCUT2D eigenvalue weighted by Crippen LogP contribution is -1.92. The van der Waals surface area contributed by atoms with Gasteiger partial charge in [0, 0.05) is 0 Å². The summed E-state index contributed by atoms with van der Waals surface area (Å²) in [5, 5.41) is 0. The van der Waals surface area contributed by atoms with Gasteiger partial charge in [0.1, 0.15) is 0 Å². The van der Waals surface area contributed by atoms with Crippen LogP contribution < -0.4 is 5.44 Å². The third-order valence-corrected chi connectivity index (χ3v) is 2.06. The van der Waals surface area contributed by atoms with Crippen LogP contribution in [-0.2, 0) is 0 Å².